The molecule has 2 heterocycles. The second kappa shape index (κ2) is 9.10. The molecule has 0 aliphatic rings. The number of nitrogens with zero attached hydrogens (tertiary/aromatic N) is 3. The summed E-state index contributed by atoms with van der Waals surface area (Å²) in [4.78, 5) is 4.33. The van der Waals surface area contributed by atoms with E-state index in [1.165, 1.54) is 11.1 Å². The first kappa shape index (κ1) is 18.8. The van der Waals surface area contributed by atoms with E-state index in [9.17, 15) is 0 Å². The maximum atomic E-state index is 5.87. The minimum absolute atomic E-state index is 0.696. The van der Waals surface area contributed by atoms with Gasteiger partial charge in [0.05, 0.1) is 6.54 Å². The van der Waals surface area contributed by atoms with E-state index in [-0.39, 0.29) is 0 Å². The molecular formula is C23H25N5O. The SMILES string of the molecule is CN=C(NCCc1cc2ccccc2o1)NCc1ccccc1Cn1cccn1. The molecule has 0 spiro atoms. The molecule has 0 fully saturated rings. The van der Waals surface area contributed by atoms with Crippen molar-refractivity contribution in [3.63, 3.8) is 0 Å². The van der Waals surface area contributed by atoms with Crippen LogP contribution in [0.5, 0.6) is 0 Å². The van der Waals surface area contributed by atoms with Crippen LogP contribution in [-0.4, -0.2) is 29.3 Å². The maximum Gasteiger partial charge on any atom is 0.191 e. The quantitative estimate of drug-likeness (QED) is 0.376. The van der Waals surface area contributed by atoms with E-state index in [2.05, 4.69) is 57.1 Å². The Balaban J connectivity index is 1.30. The van der Waals surface area contributed by atoms with Crippen molar-refractivity contribution in [2.75, 3.05) is 13.6 Å². The normalized spacial score (nSPS) is 11.7. The third-order valence-electron chi connectivity index (χ3n) is 4.82. The predicted octanol–water partition coefficient (Wildman–Crippen LogP) is 3.59. The van der Waals surface area contributed by atoms with E-state index in [0.29, 0.717) is 6.54 Å². The van der Waals surface area contributed by atoms with Crippen molar-refractivity contribution in [1.82, 2.24) is 20.4 Å². The molecule has 0 atom stereocenters. The van der Waals surface area contributed by atoms with Gasteiger partial charge in [-0.2, -0.15) is 5.10 Å². The topological polar surface area (TPSA) is 67.4 Å². The summed E-state index contributed by atoms with van der Waals surface area (Å²) in [6.45, 7) is 2.19. The summed E-state index contributed by atoms with van der Waals surface area (Å²) in [6, 6.07) is 20.5. The second-order valence-corrected chi connectivity index (χ2v) is 6.83. The van der Waals surface area contributed by atoms with Crippen LogP contribution in [0, 0.1) is 0 Å². The highest BCUT2D eigenvalue weighted by atomic mass is 16.3. The van der Waals surface area contributed by atoms with Gasteiger partial charge in [0.1, 0.15) is 11.3 Å². The fraction of sp³-hybridized carbons (Fsp3) is 0.217. The van der Waals surface area contributed by atoms with Crippen LogP contribution >= 0.6 is 0 Å². The van der Waals surface area contributed by atoms with Gasteiger partial charge in [-0.15, -0.1) is 0 Å². The summed E-state index contributed by atoms with van der Waals surface area (Å²) in [5.74, 6) is 1.74. The molecule has 0 unspecified atom stereocenters. The molecule has 2 aromatic carbocycles. The van der Waals surface area contributed by atoms with Gasteiger partial charge < -0.3 is 15.1 Å². The average Bonchev–Trinajstić information content (AvgIpc) is 3.40. The number of aliphatic imine (C=N–C) groups is 1. The van der Waals surface area contributed by atoms with Gasteiger partial charge in [0.15, 0.2) is 5.96 Å². The summed E-state index contributed by atoms with van der Waals surface area (Å²) in [6.07, 6.45) is 4.57. The molecule has 0 bridgehead atoms. The van der Waals surface area contributed by atoms with E-state index < -0.39 is 0 Å². The average molecular weight is 387 g/mol. The van der Waals surface area contributed by atoms with E-state index in [1.54, 1.807) is 13.2 Å². The predicted molar refractivity (Wildman–Crippen MR) is 116 cm³/mol. The third-order valence-corrected chi connectivity index (χ3v) is 4.82. The molecule has 0 aliphatic heterocycles. The van der Waals surface area contributed by atoms with Crippen molar-refractivity contribution >= 4 is 16.9 Å². The molecule has 2 aromatic heterocycles. The molecule has 6 heteroatoms. The van der Waals surface area contributed by atoms with E-state index >= 15 is 0 Å². The van der Waals surface area contributed by atoms with Crippen LogP contribution in [0.15, 0.2) is 82.5 Å². The van der Waals surface area contributed by atoms with E-state index in [1.807, 2.05) is 35.1 Å². The van der Waals surface area contributed by atoms with Crippen LogP contribution < -0.4 is 10.6 Å². The minimum Gasteiger partial charge on any atom is -0.461 e. The van der Waals surface area contributed by atoms with Gasteiger partial charge in [0.25, 0.3) is 0 Å². The van der Waals surface area contributed by atoms with Gasteiger partial charge in [-0.25, -0.2) is 0 Å². The molecule has 2 N–H and O–H groups in total. The number of furan rings is 1. The van der Waals surface area contributed by atoms with Gasteiger partial charge in [0, 0.05) is 44.3 Å². The monoisotopic (exact) mass is 387 g/mol. The molecule has 4 aromatic rings. The maximum absolute atomic E-state index is 5.87. The molecule has 0 radical (unpaired) electrons. The first-order valence-corrected chi connectivity index (χ1v) is 9.78. The van der Waals surface area contributed by atoms with E-state index in [4.69, 9.17) is 4.42 Å². The number of guanidine groups is 1. The Bertz CT molecular complexity index is 1050. The molecular weight excluding hydrogens is 362 g/mol. The fourth-order valence-corrected chi connectivity index (χ4v) is 3.32. The zero-order valence-electron chi connectivity index (χ0n) is 16.5. The molecule has 0 saturated heterocycles. The second-order valence-electron chi connectivity index (χ2n) is 6.83. The summed E-state index contributed by atoms with van der Waals surface area (Å²) in [5, 5.41) is 12.2. The highest BCUT2D eigenvalue weighted by molar-refractivity contribution is 5.80. The van der Waals surface area contributed by atoms with Crippen molar-refractivity contribution in [3.8, 4) is 0 Å². The highest BCUT2D eigenvalue weighted by Gasteiger charge is 2.06. The Labute approximate surface area is 170 Å². The number of para-hydroxylation sites is 1. The number of hydrogen-bond donors (Lipinski definition) is 2. The molecule has 29 heavy (non-hydrogen) atoms. The number of benzene rings is 2. The van der Waals surface area contributed by atoms with Gasteiger partial charge in [-0.1, -0.05) is 42.5 Å². The van der Waals surface area contributed by atoms with Crippen LogP contribution in [-0.2, 0) is 19.5 Å². The lowest BCUT2D eigenvalue weighted by Gasteiger charge is -2.14. The lowest BCUT2D eigenvalue weighted by atomic mass is 10.1. The molecule has 148 valence electrons. The van der Waals surface area contributed by atoms with E-state index in [0.717, 1.165) is 42.2 Å². The largest absolute Gasteiger partial charge is 0.461 e. The van der Waals surface area contributed by atoms with Crippen LogP contribution in [0.25, 0.3) is 11.0 Å². The fourth-order valence-electron chi connectivity index (χ4n) is 3.32. The van der Waals surface area contributed by atoms with Crippen LogP contribution in [0.3, 0.4) is 0 Å². The van der Waals surface area contributed by atoms with Gasteiger partial charge in [-0.05, 0) is 29.3 Å². The van der Waals surface area contributed by atoms with Gasteiger partial charge in [-0.3, -0.25) is 9.67 Å². The zero-order chi connectivity index (χ0) is 19.9. The van der Waals surface area contributed by atoms with Crippen LogP contribution in [0.4, 0.5) is 0 Å². The molecule has 6 nitrogen and oxygen atoms in total. The first-order chi connectivity index (χ1) is 14.3. The van der Waals surface area contributed by atoms with Gasteiger partial charge >= 0.3 is 0 Å². The highest BCUT2D eigenvalue weighted by Crippen LogP contribution is 2.18. The number of aromatic nitrogens is 2. The first-order valence-electron chi connectivity index (χ1n) is 9.78. The Hall–Kier alpha value is -3.54. The summed E-state index contributed by atoms with van der Waals surface area (Å²) in [7, 11) is 1.78. The van der Waals surface area contributed by atoms with Crippen molar-refractivity contribution < 1.29 is 4.42 Å². The Morgan fingerprint density at radius 1 is 1.03 bits per heavy atom. The van der Waals surface area contributed by atoms with Crippen molar-refractivity contribution in [1.29, 1.82) is 0 Å². The smallest absolute Gasteiger partial charge is 0.191 e. The molecule has 0 saturated carbocycles. The molecule has 0 aliphatic carbocycles. The standard InChI is InChI=1S/C23H25N5O/c1-24-23(25-13-11-21-15-18-7-4-5-10-22(18)29-21)26-16-19-8-2-3-9-20(19)17-28-14-6-12-27-28/h2-10,12,14-15H,11,13,16-17H2,1H3,(H2,24,25,26). The summed E-state index contributed by atoms with van der Waals surface area (Å²) >= 11 is 0. The van der Waals surface area contributed by atoms with Gasteiger partial charge in [0.2, 0.25) is 0 Å². The summed E-state index contributed by atoms with van der Waals surface area (Å²) < 4.78 is 7.80. The number of nitrogens with one attached hydrogen (secondary N) is 2. The minimum atomic E-state index is 0.696. The van der Waals surface area contributed by atoms with Crippen LogP contribution in [0.2, 0.25) is 0 Å². The Kier molecular flexibility index (Phi) is 5.90. The molecule has 0 amide bonds. The number of hydrogen-bond acceptors (Lipinski definition) is 3. The van der Waals surface area contributed by atoms with Crippen molar-refractivity contribution in [2.24, 2.45) is 4.99 Å². The lowest BCUT2D eigenvalue weighted by molar-refractivity contribution is 0.544. The van der Waals surface area contributed by atoms with Crippen molar-refractivity contribution in [3.05, 3.63) is 89.9 Å². The van der Waals surface area contributed by atoms with Crippen LogP contribution in [0.1, 0.15) is 16.9 Å². The zero-order valence-corrected chi connectivity index (χ0v) is 16.5. The lowest BCUT2D eigenvalue weighted by Crippen LogP contribution is -2.38. The Morgan fingerprint density at radius 2 is 1.86 bits per heavy atom. The number of fused-ring (bicyclic) bond motifs is 1. The summed E-state index contributed by atoms with van der Waals surface area (Å²) in [5.41, 5.74) is 3.39. The molecule has 4 rings (SSSR count). The Morgan fingerprint density at radius 3 is 2.66 bits per heavy atom. The third kappa shape index (κ3) is 4.85. The number of rotatable bonds is 7. The van der Waals surface area contributed by atoms with Crippen molar-refractivity contribution in [2.45, 2.75) is 19.5 Å².